The molecule has 1 N–H and O–H groups in total. The number of nitrogens with zero attached hydrogens (tertiary/aromatic N) is 1. The summed E-state index contributed by atoms with van der Waals surface area (Å²) in [4.78, 5) is 2.79. The number of piperazine rings is 1. The lowest BCUT2D eigenvalue weighted by Gasteiger charge is -2.49. The summed E-state index contributed by atoms with van der Waals surface area (Å²) >= 11 is 0. The molecule has 18 heavy (non-hydrogen) atoms. The van der Waals surface area contributed by atoms with Gasteiger partial charge in [-0.25, -0.2) is 0 Å². The molecule has 2 heteroatoms. The Morgan fingerprint density at radius 3 is 2.44 bits per heavy atom. The average molecular weight is 250 g/mol. The maximum absolute atomic E-state index is 3.89. The van der Waals surface area contributed by atoms with E-state index in [4.69, 9.17) is 0 Å². The van der Waals surface area contributed by atoms with Crippen molar-refractivity contribution in [3.63, 3.8) is 0 Å². The second-order valence-electron chi connectivity index (χ2n) is 7.89. The largest absolute Gasteiger partial charge is 0.308 e. The van der Waals surface area contributed by atoms with Crippen LogP contribution in [0.1, 0.15) is 59.3 Å². The van der Waals surface area contributed by atoms with Crippen molar-refractivity contribution in [3.05, 3.63) is 0 Å². The molecule has 0 amide bonds. The van der Waals surface area contributed by atoms with Gasteiger partial charge in [0.1, 0.15) is 0 Å². The van der Waals surface area contributed by atoms with Crippen LogP contribution in [0, 0.1) is 11.3 Å². The van der Waals surface area contributed by atoms with E-state index in [9.17, 15) is 0 Å². The highest BCUT2D eigenvalue weighted by Crippen LogP contribution is 2.52. The molecule has 0 aromatic carbocycles. The second-order valence-corrected chi connectivity index (χ2v) is 7.89. The van der Waals surface area contributed by atoms with E-state index in [1.807, 2.05) is 0 Å². The van der Waals surface area contributed by atoms with Gasteiger partial charge < -0.3 is 5.32 Å². The summed E-state index contributed by atoms with van der Waals surface area (Å²) < 4.78 is 0. The predicted octanol–water partition coefficient (Wildman–Crippen LogP) is 3.03. The third-order valence-corrected chi connectivity index (χ3v) is 5.88. The van der Waals surface area contributed by atoms with Gasteiger partial charge in [0.2, 0.25) is 0 Å². The van der Waals surface area contributed by atoms with Crippen molar-refractivity contribution in [2.24, 2.45) is 11.3 Å². The molecule has 3 rings (SSSR count). The molecule has 2 nitrogen and oxygen atoms in total. The standard InChI is InChI=1S/C16H30N2/c1-13-10-17-16(7-5-4-6-8-16)12-18(13)11-14-9-15(14,2)3/h13-14,17H,4-12H2,1-3H3. The lowest BCUT2D eigenvalue weighted by Crippen LogP contribution is -2.64. The maximum Gasteiger partial charge on any atom is 0.0309 e. The first-order valence-electron chi connectivity index (χ1n) is 8.00. The zero-order valence-corrected chi connectivity index (χ0v) is 12.5. The van der Waals surface area contributed by atoms with Crippen molar-refractivity contribution in [1.29, 1.82) is 0 Å². The summed E-state index contributed by atoms with van der Waals surface area (Å²) in [5, 5.41) is 3.89. The smallest absolute Gasteiger partial charge is 0.0309 e. The molecule has 104 valence electrons. The molecule has 2 saturated carbocycles. The van der Waals surface area contributed by atoms with Gasteiger partial charge in [-0.3, -0.25) is 4.90 Å². The molecule has 0 aromatic rings. The van der Waals surface area contributed by atoms with Crippen LogP contribution in [0.5, 0.6) is 0 Å². The van der Waals surface area contributed by atoms with E-state index in [0.29, 0.717) is 11.0 Å². The van der Waals surface area contributed by atoms with E-state index in [0.717, 1.165) is 12.0 Å². The number of hydrogen-bond donors (Lipinski definition) is 1. The lowest BCUT2D eigenvalue weighted by molar-refractivity contribution is 0.0570. The minimum Gasteiger partial charge on any atom is -0.308 e. The van der Waals surface area contributed by atoms with Gasteiger partial charge in [0.05, 0.1) is 0 Å². The van der Waals surface area contributed by atoms with E-state index in [1.165, 1.54) is 58.2 Å². The van der Waals surface area contributed by atoms with Crippen molar-refractivity contribution >= 4 is 0 Å². The zero-order chi connectivity index (χ0) is 12.8. The number of hydrogen-bond acceptors (Lipinski definition) is 2. The van der Waals surface area contributed by atoms with Crippen LogP contribution in [-0.2, 0) is 0 Å². The van der Waals surface area contributed by atoms with E-state index < -0.39 is 0 Å². The monoisotopic (exact) mass is 250 g/mol. The van der Waals surface area contributed by atoms with Crippen molar-refractivity contribution in [3.8, 4) is 0 Å². The van der Waals surface area contributed by atoms with E-state index in [1.54, 1.807) is 0 Å². The maximum atomic E-state index is 3.89. The quantitative estimate of drug-likeness (QED) is 0.810. The van der Waals surface area contributed by atoms with Crippen LogP contribution in [0.2, 0.25) is 0 Å². The van der Waals surface area contributed by atoms with E-state index in [2.05, 4.69) is 31.0 Å². The van der Waals surface area contributed by atoms with Crippen molar-refractivity contribution in [2.75, 3.05) is 19.6 Å². The number of nitrogens with one attached hydrogen (secondary N) is 1. The predicted molar refractivity (Wildman–Crippen MR) is 76.7 cm³/mol. The molecule has 1 saturated heterocycles. The molecular weight excluding hydrogens is 220 g/mol. The van der Waals surface area contributed by atoms with Crippen molar-refractivity contribution in [2.45, 2.75) is 70.9 Å². The highest BCUT2D eigenvalue weighted by molar-refractivity contribution is 5.02. The third kappa shape index (κ3) is 2.46. The first kappa shape index (κ1) is 12.9. The highest BCUT2D eigenvalue weighted by atomic mass is 15.3. The fourth-order valence-corrected chi connectivity index (χ4v) is 4.07. The van der Waals surface area contributed by atoms with Crippen LogP contribution in [0.4, 0.5) is 0 Å². The van der Waals surface area contributed by atoms with Crippen molar-refractivity contribution in [1.82, 2.24) is 10.2 Å². The van der Waals surface area contributed by atoms with Crippen LogP contribution >= 0.6 is 0 Å². The summed E-state index contributed by atoms with van der Waals surface area (Å²) in [6, 6.07) is 0.731. The average Bonchev–Trinajstić information content (AvgIpc) is 2.93. The molecule has 0 radical (unpaired) electrons. The SMILES string of the molecule is CC1CNC2(CCCCC2)CN1CC1CC1(C)C. The Kier molecular flexibility index (Phi) is 3.22. The minimum atomic E-state index is 0.476. The van der Waals surface area contributed by atoms with Gasteiger partial charge in [-0.2, -0.15) is 0 Å². The second kappa shape index (κ2) is 4.49. The third-order valence-electron chi connectivity index (χ3n) is 5.88. The molecule has 0 bridgehead atoms. The lowest BCUT2D eigenvalue weighted by atomic mass is 9.79. The first-order valence-corrected chi connectivity index (χ1v) is 8.00. The Morgan fingerprint density at radius 2 is 1.83 bits per heavy atom. The van der Waals surface area contributed by atoms with E-state index in [-0.39, 0.29) is 0 Å². The molecule has 0 aromatic heterocycles. The highest BCUT2D eigenvalue weighted by Gasteiger charge is 2.48. The Labute approximate surface area is 113 Å². The normalized spacial score (nSPS) is 38.8. The van der Waals surface area contributed by atoms with Crippen LogP contribution in [-0.4, -0.2) is 36.1 Å². The Hall–Kier alpha value is -0.0800. The van der Waals surface area contributed by atoms with Gasteiger partial charge in [-0.15, -0.1) is 0 Å². The molecule has 2 aliphatic carbocycles. The van der Waals surface area contributed by atoms with Crippen LogP contribution in [0.15, 0.2) is 0 Å². The van der Waals surface area contributed by atoms with Gasteiger partial charge in [-0.1, -0.05) is 33.1 Å². The topological polar surface area (TPSA) is 15.3 Å². The van der Waals surface area contributed by atoms with Gasteiger partial charge in [0.15, 0.2) is 0 Å². The van der Waals surface area contributed by atoms with E-state index >= 15 is 0 Å². The zero-order valence-electron chi connectivity index (χ0n) is 12.5. The summed E-state index contributed by atoms with van der Waals surface area (Å²) in [5.41, 5.74) is 1.11. The molecular formula is C16H30N2. The van der Waals surface area contributed by atoms with Gasteiger partial charge in [-0.05, 0) is 37.5 Å². The van der Waals surface area contributed by atoms with Gasteiger partial charge in [0, 0.05) is 31.2 Å². The van der Waals surface area contributed by atoms with Crippen LogP contribution < -0.4 is 5.32 Å². The molecule has 1 aliphatic heterocycles. The molecule has 1 heterocycles. The molecule has 2 atom stereocenters. The fraction of sp³-hybridized carbons (Fsp3) is 1.00. The fourth-order valence-electron chi connectivity index (χ4n) is 4.07. The molecule has 1 spiro atoms. The Bertz CT molecular complexity index is 304. The van der Waals surface area contributed by atoms with Gasteiger partial charge in [0.25, 0.3) is 0 Å². The summed E-state index contributed by atoms with van der Waals surface area (Å²) in [6.07, 6.45) is 8.58. The molecule has 2 unspecified atom stereocenters. The Morgan fingerprint density at radius 1 is 1.17 bits per heavy atom. The minimum absolute atomic E-state index is 0.476. The summed E-state index contributed by atoms with van der Waals surface area (Å²) in [6.45, 7) is 11.1. The first-order chi connectivity index (χ1) is 8.51. The van der Waals surface area contributed by atoms with Crippen LogP contribution in [0.25, 0.3) is 0 Å². The molecule has 3 fully saturated rings. The van der Waals surface area contributed by atoms with Crippen LogP contribution in [0.3, 0.4) is 0 Å². The summed E-state index contributed by atoms with van der Waals surface area (Å²) in [5.74, 6) is 0.957. The van der Waals surface area contributed by atoms with Gasteiger partial charge >= 0.3 is 0 Å². The Balaban J connectivity index is 1.62. The molecule has 3 aliphatic rings. The number of rotatable bonds is 2. The summed E-state index contributed by atoms with van der Waals surface area (Å²) in [7, 11) is 0. The van der Waals surface area contributed by atoms with Crippen molar-refractivity contribution < 1.29 is 0 Å².